The van der Waals surface area contributed by atoms with Crippen LogP contribution in [0.2, 0.25) is 0 Å². The van der Waals surface area contributed by atoms with E-state index in [-0.39, 0.29) is 49.0 Å². The molecule has 26 heavy (non-hydrogen) atoms. The van der Waals surface area contributed by atoms with Gasteiger partial charge in [0.15, 0.2) is 0 Å². The number of ether oxygens (including phenoxy) is 1. The highest BCUT2D eigenvalue weighted by Gasteiger charge is 2.29. The number of imide groups is 1. The average Bonchev–Trinajstić information content (AvgIpc) is 2.43. The van der Waals surface area contributed by atoms with Crippen molar-refractivity contribution in [3.63, 3.8) is 0 Å². The first-order valence-corrected chi connectivity index (χ1v) is 9.22. The zero-order chi connectivity index (χ0) is 19.3. The maximum absolute atomic E-state index is 12.5. The first-order chi connectivity index (χ1) is 12.1. The van der Waals surface area contributed by atoms with E-state index >= 15 is 0 Å². The van der Waals surface area contributed by atoms with Gasteiger partial charge in [-0.3, -0.25) is 19.7 Å². The van der Waals surface area contributed by atoms with Crippen molar-refractivity contribution in [2.45, 2.75) is 58.5 Å². The first-order valence-electron chi connectivity index (χ1n) is 9.22. The van der Waals surface area contributed by atoms with E-state index < -0.39 is 5.60 Å². The van der Waals surface area contributed by atoms with E-state index in [2.05, 4.69) is 5.32 Å². The summed E-state index contributed by atoms with van der Waals surface area (Å²) in [6.45, 7) is 7.73. The molecule has 4 amide bonds. The van der Waals surface area contributed by atoms with Crippen molar-refractivity contribution in [3.8, 4) is 0 Å². The zero-order valence-electron chi connectivity index (χ0n) is 15.9. The smallest absolute Gasteiger partial charge is 0.410 e. The van der Waals surface area contributed by atoms with Crippen LogP contribution < -0.4 is 5.32 Å². The topological polar surface area (TPSA) is 96.0 Å². The van der Waals surface area contributed by atoms with Gasteiger partial charge in [0, 0.05) is 45.4 Å². The van der Waals surface area contributed by atoms with E-state index in [1.807, 2.05) is 20.8 Å². The molecule has 2 heterocycles. The molecule has 0 aliphatic carbocycles. The number of carbonyl (C=O) groups excluding carboxylic acids is 4. The van der Waals surface area contributed by atoms with Gasteiger partial charge in [-0.15, -0.1) is 0 Å². The molecule has 0 spiro atoms. The maximum atomic E-state index is 12.5. The highest BCUT2D eigenvalue weighted by molar-refractivity contribution is 5.98. The normalized spacial score (nSPS) is 20.3. The van der Waals surface area contributed by atoms with Gasteiger partial charge in [0.2, 0.25) is 17.7 Å². The second kappa shape index (κ2) is 8.51. The molecule has 0 atom stereocenters. The molecule has 146 valence electrons. The molecule has 0 saturated carbocycles. The fourth-order valence-corrected chi connectivity index (χ4v) is 3.26. The number of amides is 4. The molecular weight excluding hydrogens is 338 g/mol. The van der Waals surface area contributed by atoms with E-state index in [0.717, 1.165) is 0 Å². The summed E-state index contributed by atoms with van der Waals surface area (Å²) in [4.78, 5) is 51.0. The summed E-state index contributed by atoms with van der Waals surface area (Å²) in [5, 5.41) is 2.26. The molecule has 8 heteroatoms. The lowest BCUT2D eigenvalue weighted by Gasteiger charge is -2.32. The Morgan fingerprint density at radius 3 is 2.00 bits per heavy atom. The van der Waals surface area contributed by atoms with Gasteiger partial charge < -0.3 is 14.5 Å². The third-order valence-corrected chi connectivity index (χ3v) is 4.41. The Morgan fingerprint density at radius 2 is 1.50 bits per heavy atom. The lowest BCUT2D eigenvalue weighted by atomic mass is 9.93. The molecule has 0 bridgehead atoms. The lowest BCUT2D eigenvalue weighted by molar-refractivity contribution is -0.137. The zero-order valence-corrected chi connectivity index (χ0v) is 15.9. The SMILES string of the molecule is CC(C)(C)OC(=O)N1CCCN(C(=O)CC2CC(=O)NC(=O)C2)CCC1. The Balaban J connectivity index is 1.81. The summed E-state index contributed by atoms with van der Waals surface area (Å²) in [7, 11) is 0. The minimum atomic E-state index is -0.523. The van der Waals surface area contributed by atoms with Gasteiger partial charge in [-0.1, -0.05) is 0 Å². The number of piperidine rings is 1. The van der Waals surface area contributed by atoms with Crippen LogP contribution in [0.15, 0.2) is 0 Å². The Morgan fingerprint density at radius 1 is 1.00 bits per heavy atom. The summed E-state index contributed by atoms with van der Waals surface area (Å²) in [5.74, 6) is -0.852. The molecule has 8 nitrogen and oxygen atoms in total. The quantitative estimate of drug-likeness (QED) is 0.742. The molecule has 2 saturated heterocycles. The van der Waals surface area contributed by atoms with Crippen LogP contribution in [0.25, 0.3) is 0 Å². The molecule has 0 radical (unpaired) electrons. The average molecular weight is 367 g/mol. The van der Waals surface area contributed by atoms with Crippen molar-refractivity contribution in [2.24, 2.45) is 5.92 Å². The number of rotatable bonds is 2. The van der Waals surface area contributed by atoms with Crippen LogP contribution in [-0.2, 0) is 19.1 Å². The van der Waals surface area contributed by atoms with Crippen LogP contribution >= 0.6 is 0 Å². The van der Waals surface area contributed by atoms with Gasteiger partial charge in [-0.25, -0.2) is 4.79 Å². The minimum Gasteiger partial charge on any atom is -0.444 e. The fraction of sp³-hybridized carbons (Fsp3) is 0.778. The van der Waals surface area contributed by atoms with E-state index in [4.69, 9.17) is 4.74 Å². The van der Waals surface area contributed by atoms with Crippen LogP contribution in [0, 0.1) is 5.92 Å². The van der Waals surface area contributed by atoms with Crippen LogP contribution in [0.3, 0.4) is 0 Å². The van der Waals surface area contributed by atoms with Gasteiger partial charge >= 0.3 is 6.09 Å². The fourth-order valence-electron chi connectivity index (χ4n) is 3.26. The van der Waals surface area contributed by atoms with E-state index in [1.54, 1.807) is 9.80 Å². The Bertz CT molecular complexity index is 544. The molecule has 0 aromatic carbocycles. The number of hydrogen-bond donors (Lipinski definition) is 1. The van der Waals surface area contributed by atoms with Crippen molar-refractivity contribution in [3.05, 3.63) is 0 Å². The highest BCUT2D eigenvalue weighted by Crippen LogP contribution is 2.20. The first kappa shape index (κ1) is 20.2. The Labute approximate surface area is 154 Å². The summed E-state index contributed by atoms with van der Waals surface area (Å²) in [6, 6.07) is 0. The Kier molecular flexibility index (Phi) is 6.61. The number of nitrogens with one attached hydrogen (secondary N) is 1. The van der Waals surface area contributed by atoms with Crippen molar-refractivity contribution >= 4 is 23.8 Å². The second-order valence-electron chi connectivity index (χ2n) is 8.01. The Hall–Kier alpha value is -2.12. The molecule has 2 rings (SSSR count). The van der Waals surface area contributed by atoms with Crippen LogP contribution in [0.5, 0.6) is 0 Å². The highest BCUT2D eigenvalue weighted by atomic mass is 16.6. The molecule has 2 aliphatic rings. The predicted molar refractivity (Wildman–Crippen MR) is 94.1 cm³/mol. The van der Waals surface area contributed by atoms with Crippen molar-refractivity contribution in [1.82, 2.24) is 15.1 Å². The second-order valence-corrected chi connectivity index (χ2v) is 8.01. The van der Waals surface area contributed by atoms with E-state index in [9.17, 15) is 19.2 Å². The standard InChI is InChI=1S/C18H29N3O5/c1-18(2,3)26-17(25)21-8-4-6-20(7-5-9-21)16(24)12-13-10-14(22)19-15(23)11-13/h13H,4-12H2,1-3H3,(H,19,22,23). The van der Waals surface area contributed by atoms with Crippen molar-refractivity contribution < 1.29 is 23.9 Å². The van der Waals surface area contributed by atoms with Gasteiger partial charge in [0.1, 0.15) is 5.60 Å². The van der Waals surface area contributed by atoms with Gasteiger partial charge in [0.25, 0.3) is 0 Å². The van der Waals surface area contributed by atoms with Crippen molar-refractivity contribution in [2.75, 3.05) is 26.2 Å². The molecule has 0 unspecified atom stereocenters. The van der Waals surface area contributed by atoms with E-state index in [0.29, 0.717) is 39.0 Å². The number of carbonyl (C=O) groups is 4. The minimum absolute atomic E-state index is 0.0248. The largest absolute Gasteiger partial charge is 0.444 e. The summed E-state index contributed by atoms with van der Waals surface area (Å²) in [5.41, 5.74) is -0.523. The van der Waals surface area contributed by atoms with Crippen molar-refractivity contribution in [1.29, 1.82) is 0 Å². The van der Waals surface area contributed by atoms with Gasteiger partial charge in [-0.05, 0) is 39.5 Å². The molecule has 0 aromatic heterocycles. The van der Waals surface area contributed by atoms with Gasteiger partial charge in [0.05, 0.1) is 0 Å². The molecule has 0 aromatic rings. The molecule has 2 aliphatic heterocycles. The third kappa shape index (κ3) is 6.31. The maximum Gasteiger partial charge on any atom is 0.410 e. The van der Waals surface area contributed by atoms with E-state index in [1.165, 1.54) is 0 Å². The number of hydrogen-bond acceptors (Lipinski definition) is 5. The predicted octanol–water partition coefficient (Wildman–Crippen LogP) is 1.29. The summed E-state index contributed by atoms with van der Waals surface area (Å²) >= 11 is 0. The monoisotopic (exact) mass is 367 g/mol. The third-order valence-electron chi connectivity index (χ3n) is 4.41. The summed E-state index contributed by atoms with van der Waals surface area (Å²) < 4.78 is 5.41. The van der Waals surface area contributed by atoms with Crippen LogP contribution in [0.4, 0.5) is 4.79 Å². The summed E-state index contributed by atoms with van der Waals surface area (Å²) in [6.07, 6.45) is 1.69. The lowest BCUT2D eigenvalue weighted by Crippen LogP contribution is -2.44. The molecule has 2 fully saturated rings. The molecular formula is C18H29N3O5. The molecule has 1 N–H and O–H groups in total. The van der Waals surface area contributed by atoms with Crippen LogP contribution in [-0.4, -0.2) is 65.4 Å². The van der Waals surface area contributed by atoms with Crippen LogP contribution in [0.1, 0.15) is 52.9 Å². The number of nitrogens with zero attached hydrogens (tertiary/aromatic N) is 2. The van der Waals surface area contributed by atoms with Gasteiger partial charge in [-0.2, -0.15) is 0 Å².